The molecule has 138 valence electrons. The fourth-order valence-corrected chi connectivity index (χ4v) is 2.85. The fraction of sp³-hybridized carbons (Fsp3) is 0.389. The first-order valence-corrected chi connectivity index (χ1v) is 8.39. The number of carbonyl (C=O) groups excluding carboxylic acids is 1. The molecule has 0 radical (unpaired) electrons. The maximum Gasteiger partial charge on any atom is 0.418 e. The average Bonchev–Trinajstić information content (AvgIpc) is 2.62. The number of halogens is 3. The van der Waals surface area contributed by atoms with Gasteiger partial charge in [0.05, 0.1) is 23.6 Å². The monoisotopic (exact) mass is 364 g/mol. The largest absolute Gasteiger partial charge is 0.418 e. The number of piperidine rings is 1. The summed E-state index contributed by atoms with van der Waals surface area (Å²) < 4.78 is 39.1. The maximum atomic E-state index is 13.0. The van der Waals surface area contributed by atoms with Crippen LogP contribution in [0.15, 0.2) is 36.7 Å². The van der Waals surface area contributed by atoms with Gasteiger partial charge in [0.1, 0.15) is 11.5 Å². The predicted octanol–water partition coefficient (Wildman–Crippen LogP) is 4.11. The van der Waals surface area contributed by atoms with Gasteiger partial charge in [0.25, 0.3) is 5.91 Å². The fourth-order valence-electron chi connectivity index (χ4n) is 2.85. The van der Waals surface area contributed by atoms with Crippen LogP contribution in [-0.4, -0.2) is 33.9 Å². The molecular formula is C18H19F3N4O. The summed E-state index contributed by atoms with van der Waals surface area (Å²) in [5.41, 5.74) is -0.711. The topological polar surface area (TPSA) is 58.1 Å². The second-order valence-electron chi connectivity index (χ2n) is 6.43. The summed E-state index contributed by atoms with van der Waals surface area (Å²) in [6, 6.07) is 5.13. The van der Waals surface area contributed by atoms with E-state index in [2.05, 4.69) is 22.2 Å². The van der Waals surface area contributed by atoms with E-state index in [1.165, 1.54) is 30.6 Å². The zero-order chi connectivity index (χ0) is 18.7. The molecule has 1 N–H and O–H groups in total. The Balaban J connectivity index is 1.72. The molecule has 2 aromatic rings. The standard InChI is InChI=1S/C18H19F3N4O/c1-12-6-8-25(9-7-12)17(26)15-10-23-16(11-22-15)24-14-5-3-2-4-13(14)18(19,20)21/h2-5,10-12H,6-9H2,1H3,(H,23,24). The van der Waals surface area contributed by atoms with E-state index in [0.29, 0.717) is 19.0 Å². The highest BCUT2D eigenvalue weighted by Crippen LogP contribution is 2.35. The molecule has 0 saturated carbocycles. The van der Waals surface area contributed by atoms with Crippen molar-refractivity contribution in [3.63, 3.8) is 0 Å². The van der Waals surface area contributed by atoms with Crippen molar-refractivity contribution < 1.29 is 18.0 Å². The molecule has 2 heterocycles. The van der Waals surface area contributed by atoms with Crippen molar-refractivity contribution >= 4 is 17.4 Å². The van der Waals surface area contributed by atoms with Gasteiger partial charge in [-0.1, -0.05) is 19.1 Å². The van der Waals surface area contributed by atoms with E-state index in [-0.39, 0.29) is 23.1 Å². The van der Waals surface area contributed by atoms with Crippen molar-refractivity contribution in [1.82, 2.24) is 14.9 Å². The number of amides is 1. The molecule has 0 bridgehead atoms. The molecule has 8 heteroatoms. The molecule has 3 rings (SSSR count). The first-order chi connectivity index (χ1) is 12.3. The third kappa shape index (κ3) is 4.12. The minimum atomic E-state index is -4.47. The lowest BCUT2D eigenvalue weighted by atomic mass is 9.99. The van der Waals surface area contributed by atoms with Crippen LogP contribution in [0, 0.1) is 5.92 Å². The van der Waals surface area contributed by atoms with Crippen molar-refractivity contribution in [2.45, 2.75) is 25.9 Å². The van der Waals surface area contributed by atoms with Crippen LogP contribution in [-0.2, 0) is 6.18 Å². The second-order valence-corrected chi connectivity index (χ2v) is 6.43. The van der Waals surface area contributed by atoms with Gasteiger partial charge in [-0.3, -0.25) is 4.79 Å². The van der Waals surface area contributed by atoms with E-state index in [1.807, 2.05) is 0 Å². The number of benzene rings is 1. The Labute approximate surface area is 149 Å². The number of aromatic nitrogens is 2. The number of alkyl halides is 3. The van der Waals surface area contributed by atoms with Crippen LogP contribution in [0.25, 0.3) is 0 Å². The molecule has 1 fully saturated rings. The molecule has 0 atom stereocenters. The van der Waals surface area contributed by atoms with Gasteiger partial charge in [-0.2, -0.15) is 13.2 Å². The lowest BCUT2D eigenvalue weighted by Crippen LogP contribution is -2.38. The molecule has 0 unspecified atom stereocenters. The van der Waals surface area contributed by atoms with Crippen LogP contribution in [0.3, 0.4) is 0 Å². The van der Waals surface area contributed by atoms with Crippen LogP contribution >= 0.6 is 0 Å². The number of para-hydroxylation sites is 1. The summed E-state index contributed by atoms with van der Waals surface area (Å²) in [7, 11) is 0. The molecule has 1 aromatic carbocycles. The molecule has 1 aliphatic rings. The summed E-state index contributed by atoms with van der Waals surface area (Å²) in [5.74, 6) is 0.544. The molecule has 5 nitrogen and oxygen atoms in total. The van der Waals surface area contributed by atoms with E-state index in [1.54, 1.807) is 4.90 Å². The SMILES string of the molecule is CC1CCN(C(=O)c2cnc(Nc3ccccc3C(F)(F)F)cn2)CC1. The Kier molecular flexibility index (Phi) is 5.11. The van der Waals surface area contributed by atoms with Crippen LogP contribution < -0.4 is 5.32 Å². The van der Waals surface area contributed by atoms with Crippen LogP contribution in [0.4, 0.5) is 24.7 Å². The smallest absolute Gasteiger partial charge is 0.338 e. The van der Waals surface area contributed by atoms with Crippen molar-refractivity contribution in [2.75, 3.05) is 18.4 Å². The Morgan fingerprint density at radius 1 is 1.15 bits per heavy atom. The van der Waals surface area contributed by atoms with Crippen molar-refractivity contribution in [1.29, 1.82) is 0 Å². The first kappa shape index (κ1) is 18.2. The summed E-state index contributed by atoms with van der Waals surface area (Å²) in [4.78, 5) is 22.3. The summed E-state index contributed by atoms with van der Waals surface area (Å²) in [6.45, 7) is 3.52. The third-order valence-electron chi connectivity index (χ3n) is 4.44. The molecular weight excluding hydrogens is 345 g/mol. The van der Waals surface area contributed by atoms with Crippen molar-refractivity contribution in [3.05, 3.63) is 47.9 Å². The summed E-state index contributed by atoms with van der Waals surface area (Å²) in [5, 5.41) is 2.61. The highest BCUT2D eigenvalue weighted by atomic mass is 19.4. The van der Waals surface area contributed by atoms with E-state index in [0.717, 1.165) is 18.9 Å². The lowest BCUT2D eigenvalue weighted by molar-refractivity contribution is -0.136. The minimum absolute atomic E-state index is 0.113. The van der Waals surface area contributed by atoms with E-state index >= 15 is 0 Å². The summed E-state index contributed by atoms with van der Waals surface area (Å²) in [6.07, 6.45) is -0.00967. The van der Waals surface area contributed by atoms with Gasteiger partial charge in [0.15, 0.2) is 0 Å². The number of nitrogens with one attached hydrogen (secondary N) is 1. The number of rotatable bonds is 3. The Morgan fingerprint density at radius 2 is 1.85 bits per heavy atom. The van der Waals surface area contributed by atoms with Crippen molar-refractivity contribution in [3.8, 4) is 0 Å². The second kappa shape index (κ2) is 7.31. The molecule has 26 heavy (non-hydrogen) atoms. The molecule has 1 amide bonds. The van der Waals surface area contributed by atoms with Gasteiger partial charge in [0.2, 0.25) is 0 Å². The van der Waals surface area contributed by atoms with Gasteiger partial charge < -0.3 is 10.2 Å². The molecule has 0 aliphatic carbocycles. The van der Waals surface area contributed by atoms with E-state index in [9.17, 15) is 18.0 Å². The Morgan fingerprint density at radius 3 is 2.46 bits per heavy atom. The number of anilines is 2. The normalized spacial score (nSPS) is 15.8. The minimum Gasteiger partial charge on any atom is -0.338 e. The van der Waals surface area contributed by atoms with Crippen LogP contribution in [0.1, 0.15) is 35.8 Å². The van der Waals surface area contributed by atoms with Crippen LogP contribution in [0.5, 0.6) is 0 Å². The zero-order valence-electron chi connectivity index (χ0n) is 14.3. The third-order valence-corrected chi connectivity index (χ3v) is 4.44. The maximum absolute atomic E-state index is 13.0. The molecule has 1 aromatic heterocycles. The van der Waals surface area contributed by atoms with E-state index < -0.39 is 11.7 Å². The highest BCUT2D eigenvalue weighted by Gasteiger charge is 2.33. The molecule has 0 spiro atoms. The van der Waals surface area contributed by atoms with E-state index in [4.69, 9.17) is 0 Å². The summed E-state index contributed by atoms with van der Waals surface area (Å²) >= 11 is 0. The number of hydrogen-bond donors (Lipinski definition) is 1. The van der Waals surface area contributed by atoms with Gasteiger partial charge in [-0.15, -0.1) is 0 Å². The molecule has 1 aliphatic heterocycles. The van der Waals surface area contributed by atoms with Gasteiger partial charge in [0, 0.05) is 13.1 Å². The lowest BCUT2D eigenvalue weighted by Gasteiger charge is -2.29. The number of nitrogens with zero attached hydrogens (tertiary/aromatic N) is 3. The van der Waals surface area contributed by atoms with Crippen LogP contribution in [0.2, 0.25) is 0 Å². The van der Waals surface area contributed by atoms with Crippen molar-refractivity contribution in [2.24, 2.45) is 5.92 Å². The number of likely N-dealkylation sites (tertiary alicyclic amines) is 1. The average molecular weight is 364 g/mol. The Bertz CT molecular complexity index is 769. The Hall–Kier alpha value is -2.64. The number of carbonyl (C=O) groups is 1. The van der Waals surface area contributed by atoms with Gasteiger partial charge in [-0.05, 0) is 30.9 Å². The quantitative estimate of drug-likeness (QED) is 0.890. The van der Waals surface area contributed by atoms with Gasteiger partial charge in [-0.25, -0.2) is 9.97 Å². The first-order valence-electron chi connectivity index (χ1n) is 8.39. The highest BCUT2D eigenvalue weighted by molar-refractivity contribution is 5.92. The van der Waals surface area contributed by atoms with Gasteiger partial charge >= 0.3 is 6.18 Å². The number of hydrogen-bond acceptors (Lipinski definition) is 4. The predicted molar refractivity (Wildman–Crippen MR) is 91.1 cm³/mol. The zero-order valence-corrected chi connectivity index (χ0v) is 14.3. The molecule has 1 saturated heterocycles.